The number of benzene rings is 2. The normalized spacial score (nSPS) is 10.2. The molecule has 0 aliphatic heterocycles. The molecule has 98 valence electrons. The third-order valence-corrected chi connectivity index (χ3v) is 2.80. The van der Waals surface area contributed by atoms with Crippen LogP contribution < -0.4 is 10.5 Å². The van der Waals surface area contributed by atoms with Crippen molar-refractivity contribution in [3.63, 3.8) is 0 Å². The first-order valence-electron chi connectivity index (χ1n) is 5.84. The molecule has 0 aliphatic rings. The maximum atomic E-state index is 13.0. The Morgan fingerprint density at radius 2 is 2.00 bits per heavy atom. The van der Waals surface area contributed by atoms with Crippen LogP contribution in [0.4, 0.5) is 4.39 Å². The maximum absolute atomic E-state index is 13.0. The number of halogens is 1. The molecule has 19 heavy (non-hydrogen) atoms. The van der Waals surface area contributed by atoms with Crippen molar-refractivity contribution in [3.05, 3.63) is 65.0 Å². The van der Waals surface area contributed by atoms with Crippen molar-refractivity contribution < 1.29 is 13.9 Å². The van der Waals surface area contributed by atoms with E-state index < -0.39 is 5.91 Å². The molecule has 0 saturated carbocycles. The highest BCUT2D eigenvalue weighted by Gasteiger charge is 2.08. The quantitative estimate of drug-likeness (QED) is 0.917. The molecular formula is C15H14FNO2. The van der Waals surface area contributed by atoms with E-state index in [1.165, 1.54) is 12.1 Å². The summed E-state index contributed by atoms with van der Waals surface area (Å²) >= 11 is 0. The first-order valence-corrected chi connectivity index (χ1v) is 5.84. The number of aryl methyl sites for hydroxylation is 1. The number of ether oxygens (including phenoxy) is 1. The molecule has 3 nitrogen and oxygen atoms in total. The zero-order valence-electron chi connectivity index (χ0n) is 10.5. The lowest BCUT2D eigenvalue weighted by Gasteiger charge is -2.11. The van der Waals surface area contributed by atoms with E-state index in [1.54, 1.807) is 31.2 Å². The molecule has 0 unspecified atom stereocenters. The zero-order valence-corrected chi connectivity index (χ0v) is 10.5. The number of carbonyl (C=O) groups excluding carboxylic acids is 1. The molecule has 1 amide bonds. The molecule has 0 fully saturated rings. The maximum Gasteiger partial charge on any atom is 0.249 e. The van der Waals surface area contributed by atoms with Crippen molar-refractivity contribution in [2.45, 2.75) is 13.5 Å². The van der Waals surface area contributed by atoms with Crippen LogP contribution in [0.15, 0.2) is 42.5 Å². The average Bonchev–Trinajstić information content (AvgIpc) is 2.38. The Morgan fingerprint density at radius 3 is 2.68 bits per heavy atom. The number of nitrogens with two attached hydrogens (primary N) is 1. The summed E-state index contributed by atoms with van der Waals surface area (Å²) in [5.74, 6) is -0.210. The molecule has 2 N–H and O–H groups in total. The van der Waals surface area contributed by atoms with E-state index in [9.17, 15) is 9.18 Å². The van der Waals surface area contributed by atoms with Crippen molar-refractivity contribution in [3.8, 4) is 5.75 Å². The smallest absolute Gasteiger partial charge is 0.249 e. The number of amides is 1. The Morgan fingerprint density at radius 1 is 1.26 bits per heavy atom. The largest absolute Gasteiger partial charge is 0.489 e. The van der Waals surface area contributed by atoms with Crippen LogP contribution in [0.25, 0.3) is 0 Å². The Bertz CT molecular complexity index is 611. The second-order valence-corrected chi connectivity index (χ2v) is 4.22. The van der Waals surface area contributed by atoms with Gasteiger partial charge in [0.15, 0.2) is 0 Å². The summed E-state index contributed by atoms with van der Waals surface area (Å²) in [6, 6.07) is 11.3. The predicted molar refractivity (Wildman–Crippen MR) is 70.4 cm³/mol. The standard InChI is InChI=1S/C15H14FNO2/c1-10-8-12(16)6-7-14(10)19-9-11-4-2-3-5-13(11)15(17)18/h2-8H,9H2,1H3,(H2,17,18). The van der Waals surface area contributed by atoms with E-state index in [4.69, 9.17) is 10.5 Å². The SMILES string of the molecule is Cc1cc(F)ccc1OCc1ccccc1C(N)=O. The number of hydrogen-bond acceptors (Lipinski definition) is 2. The Hall–Kier alpha value is -2.36. The van der Waals surface area contributed by atoms with Gasteiger partial charge in [-0.3, -0.25) is 4.79 Å². The van der Waals surface area contributed by atoms with Crippen LogP contribution in [-0.4, -0.2) is 5.91 Å². The van der Waals surface area contributed by atoms with Crippen molar-refractivity contribution in [2.24, 2.45) is 5.73 Å². The summed E-state index contributed by atoms with van der Waals surface area (Å²) in [6.45, 7) is 1.98. The van der Waals surface area contributed by atoms with Gasteiger partial charge in [-0.1, -0.05) is 18.2 Å². The lowest BCUT2D eigenvalue weighted by Crippen LogP contribution is -2.14. The van der Waals surface area contributed by atoms with Crippen molar-refractivity contribution in [1.29, 1.82) is 0 Å². The van der Waals surface area contributed by atoms with Gasteiger partial charge in [0.05, 0.1) is 0 Å². The predicted octanol–water partition coefficient (Wildman–Crippen LogP) is 2.81. The number of hydrogen-bond donors (Lipinski definition) is 1. The molecule has 0 radical (unpaired) electrons. The third kappa shape index (κ3) is 3.10. The highest BCUT2D eigenvalue weighted by Crippen LogP contribution is 2.20. The monoisotopic (exact) mass is 259 g/mol. The second kappa shape index (κ2) is 5.52. The lowest BCUT2D eigenvalue weighted by molar-refractivity contribution is 0.0998. The van der Waals surface area contributed by atoms with Gasteiger partial charge in [0.2, 0.25) is 5.91 Å². The van der Waals surface area contributed by atoms with Crippen molar-refractivity contribution in [1.82, 2.24) is 0 Å². The van der Waals surface area contributed by atoms with Crippen molar-refractivity contribution >= 4 is 5.91 Å². The fraction of sp³-hybridized carbons (Fsp3) is 0.133. The molecular weight excluding hydrogens is 245 g/mol. The third-order valence-electron chi connectivity index (χ3n) is 2.80. The Kier molecular flexibility index (Phi) is 3.80. The molecule has 0 heterocycles. The van der Waals surface area contributed by atoms with Crippen LogP contribution in [-0.2, 0) is 6.61 Å². The molecule has 4 heteroatoms. The van der Waals surface area contributed by atoms with Gasteiger partial charge in [0, 0.05) is 11.1 Å². The summed E-state index contributed by atoms with van der Waals surface area (Å²) in [4.78, 5) is 11.3. The molecule has 2 rings (SSSR count). The zero-order chi connectivity index (χ0) is 13.8. The van der Waals surface area contributed by atoms with Crippen LogP contribution in [0.2, 0.25) is 0 Å². The van der Waals surface area contributed by atoms with E-state index >= 15 is 0 Å². The van der Waals surface area contributed by atoms with E-state index in [0.717, 1.165) is 0 Å². The van der Waals surface area contributed by atoms with Gasteiger partial charge in [-0.25, -0.2) is 4.39 Å². The van der Waals surface area contributed by atoms with Gasteiger partial charge >= 0.3 is 0 Å². The topological polar surface area (TPSA) is 52.3 Å². The lowest BCUT2D eigenvalue weighted by atomic mass is 10.1. The number of carbonyl (C=O) groups is 1. The minimum atomic E-state index is -0.491. The molecule has 0 aliphatic carbocycles. The van der Waals surface area contributed by atoms with Crippen LogP contribution >= 0.6 is 0 Å². The highest BCUT2D eigenvalue weighted by molar-refractivity contribution is 5.94. The number of primary amides is 1. The Labute approximate surface area is 110 Å². The van der Waals surface area contributed by atoms with Gasteiger partial charge in [0.1, 0.15) is 18.2 Å². The van der Waals surface area contributed by atoms with Gasteiger partial charge in [-0.05, 0) is 36.8 Å². The summed E-state index contributed by atoms with van der Waals surface area (Å²) in [7, 11) is 0. The molecule has 0 spiro atoms. The van der Waals surface area contributed by atoms with Crippen LogP contribution in [0.1, 0.15) is 21.5 Å². The molecule has 0 atom stereocenters. The van der Waals surface area contributed by atoms with Gasteiger partial charge in [-0.15, -0.1) is 0 Å². The molecule has 0 bridgehead atoms. The fourth-order valence-corrected chi connectivity index (χ4v) is 1.82. The van der Waals surface area contributed by atoms with E-state index in [-0.39, 0.29) is 12.4 Å². The number of rotatable bonds is 4. The average molecular weight is 259 g/mol. The Balaban J connectivity index is 2.17. The van der Waals surface area contributed by atoms with E-state index in [1.807, 2.05) is 6.07 Å². The van der Waals surface area contributed by atoms with Gasteiger partial charge in [0.25, 0.3) is 0 Å². The summed E-state index contributed by atoms with van der Waals surface area (Å²) < 4.78 is 18.6. The molecule has 0 saturated heterocycles. The van der Waals surface area contributed by atoms with Gasteiger partial charge in [-0.2, -0.15) is 0 Å². The van der Waals surface area contributed by atoms with Crippen LogP contribution in [0.5, 0.6) is 5.75 Å². The molecule has 2 aromatic rings. The summed E-state index contributed by atoms with van der Waals surface area (Å²) in [6.07, 6.45) is 0. The second-order valence-electron chi connectivity index (χ2n) is 4.22. The van der Waals surface area contributed by atoms with Crippen LogP contribution in [0, 0.1) is 12.7 Å². The minimum Gasteiger partial charge on any atom is -0.489 e. The van der Waals surface area contributed by atoms with E-state index in [0.29, 0.717) is 22.4 Å². The summed E-state index contributed by atoms with van der Waals surface area (Å²) in [5.41, 5.74) is 7.13. The minimum absolute atomic E-state index is 0.214. The van der Waals surface area contributed by atoms with E-state index in [2.05, 4.69) is 0 Å². The van der Waals surface area contributed by atoms with Crippen molar-refractivity contribution in [2.75, 3.05) is 0 Å². The first kappa shape index (κ1) is 13.1. The molecule has 2 aromatic carbocycles. The fourth-order valence-electron chi connectivity index (χ4n) is 1.82. The van der Waals surface area contributed by atoms with Crippen LogP contribution in [0.3, 0.4) is 0 Å². The highest BCUT2D eigenvalue weighted by atomic mass is 19.1. The summed E-state index contributed by atoms with van der Waals surface area (Å²) in [5, 5.41) is 0. The molecule has 0 aromatic heterocycles. The first-order chi connectivity index (χ1) is 9.08. The van der Waals surface area contributed by atoms with Gasteiger partial charge < -0.3 is 10.5 Å².